The van der Waals surface area contributed by atoms with E-state index in [4.69, 9.17) is 9.47 Å². The van der Waals surface area contributed by atoms with Crippen LogP contribution in [0.2, 0.25) is 0 Å². The van der Waals surface area contributed by atoms with Crippen LogP contribution >= 0.6 is 0 Å². The van der Waals surface area contributed by atoms with Crippen molar-refractivity contribution in [3.63, 3.8) is 0 Å². The lowest BCUT2D eigenvalue weighted by Crippen LogP contribution is -2.53. The number of nitroso groups, excluding NO2 is 1. The number of piperidine rings is 1. The van der Waals surface area contributed by atoms with Gasteiger partial charge in [0.2, 0.25) is 0 Å². The Labute approximate surface area is 159 Å². The van der Waals surface area contributed by atoms with Gasteiger partial charge >= 0.3 is 6.09 Å². The van der Waals surface area contributed by atoms with Gasteiger partial charge in [0.15, 0.2) is 0 Å². The van der Waals surface area contributed by atoms with Crippen LogP contribution in [0.15, 0.2) is 23.4 Å². The van der Waals surface area contributed by atoms with Crippen molar-refractivity contribution in [1.29, 1.82) is 0 Å². The van der Waals surface area contributed by atoms with Crippen molar-refractivity contribution in [3.8, 4) is 5.75 Å². The van der Waals surface area contributed by atoms with Crippen LogP contribution in [0.3, 0.4) is 0 Å². The number of benzene rings is 1. The molecule has 2 unspecified atom stereocenters. The van der Waals surface area contributed by atoms with Crippen LogP contribution in [0, 0.1) is 4.91 Å². The van der Waals surface area contributed by atoms with E-state index in [9.17, 15) is 14.1 Å². The van der Waals surface area contributed by atoms with E-state index in [0.717, 1.165) is 5.56 Å². The van der Waals surface area contributed by atoms with Gasteiger partial charge in [0, 0.05) is 12.6 Å². The second-order valence-corrected chi connectivity index (χ2v) is 7.63. The zero-order valence-corrected chi connectivity index (χ0v) is 16.3. The molecule has 2 rings (SSSR count). The second-order valence-electron chi connectivity index (χ2n) is 7.63. The van der Waals surface area contributed by atoms with Crippen molar-refractivity contribution >= 4 is 11.8 Å². The minimum atomic E-state index is -1.18. The Morgan fingerprint density at radius 3 is 2.74 bits per heavy atom. The Morgan fingerprint density at radius 1 is 1.41 bits per heavy atom. The number of nitrogens with zero attached hydrogens (tertiary/aromatic N) is 2. The maximum absolute atomic E-state index is 14.5. The van der Waals surface area contributed by atoms with Gasteiger partial charge < -0.3 is 19.7 Å². The van der Waals surface area contributed by atoms with Crippen molar-refractivity contribution < 1.29 is 18.7 Å². The van der Waals surface area contributed by atoms with Crippen molar-refractivity contribution in [2.24, 2.45) is 5.18 Å². The molecule has 1 aromatic carbocycles. The van der Waals surface area contributed by atoms with Crippen molar-refractivity contribution in [3.05, 3.63) is 28.7 Å². The van der Waals surface area contributed by atoms with Gasteiger partial charge in [0.05, 0.1) is 13.7 Å². The monoisotopic (exact) mass is 381 g/mol. The largest absolute Gasteiger partial charge is 0.497 e. The maximum atomic E-state index is 14.5. The summed E-state index contributed by atoms with van der Waals surface area (Å²) in [5.74, 6) is 0.645. The number of ether oxygens (including phenoxy) is 2. The van der Waals surface area contributed by atoms with Crippen LogP contribution in [0.4, 0.5) is 14.9 Å². The number of rotatable bonds is 6. The minimum Gasteiger partial charge on any atom is -0.497 e. The van der Waals surface area contributed by atoms with Gasteiger partial charge in [-0.3, -0.25) is 0 Å². The highest BCUT2D eigenvalue weighted by Gasteiger charge is 2.33. The van der Waals surface area contributed by atoms with Crippen molar-refractivity contribution in [2.45, 2.75) is 51.4 Å². The van der Waals surface area contributed by atoms with Crippen LogP contribution in [0.1, 0.15) is 32.8 Å². The molecule has 1 fully saturated rings. The van der Waals surface area contributed by atoms with Gasteiger partial charge in [-0.2, -0.15) is 0 Å². The number of likely N-dealkylation sites (tertiary alicyclic amines) is 1. The van der Waals surface area contributed by atoms with Crippen LogP contribution < -0.4 is 10.1 Å². The summed E-state index contributed by atoms with van der Waals surface area (Å²) in [4.78, 5) is 24.4. The highest BCUT2D eigenvalue weighted by atomic mass is 19.1. The number of alkyl halides is 1. The summed E-state index contributed by atoms with van der Waals surface area (Å²) in [5.41, 5.74) is 0.506. The molecule has 0 saturated carbocycles. The van der Waals surface area contributed by atoms with Gasteiger partial charge in [0.25, 0.3) is 0 Å². The van der Waals surface area contributed by atoms with E-state index in [1.807, 2.05) is 0 Å². The zero-order chi connectivity index (χ0) is 20.0. The number of carbonyl (C=O) groups excluding carboxylic acids is 1. The van der Waals surface area contributed by atoms with Gasteiger partial charge in [-0.15, -0.1) is 4.91 Å². The summed E-state index contributed by atoms with van der Waals surface area (Å²) >= 11 is 0. The molecular formula is C19H28FN3O4. The minimum absolute atomic E-state index is 0.00683. The third-order valence-corrected chi connectivity index (χ3v) is 4.38. The number of methoxy groups -OCH3 is 1. The van der Waals surface area contributed by atoms with E-state index >= 15 is 0 Å². The summed E-state index contributed by atoms with van der Waals surface area (Å²) in [6, 6.07) is 4.70. The lowest BCUT2D eigenvalue weighted by molar-refractivity contribution is 0.00951. The number of nitrogens with one attached hydrogen (secondary N) is 1. The third-order valence-electron chi connectivity index (χ3n) is 4.38. The molecule has 27 heavy (non-hydrogen) atoms. The molecule has 150 valence electrons. The van der Waals surface area contributed by atoms with E-state index < -0.39 is 17.9 Å². The molecule has 1 aliphatic rings. The molecule has 1 aromatic rings. The standard InChI is InChI=1S/C19H28FN3O4/c1-19(2,3)27-18(24)23-10-8-17(15(20)12-23)21-9-7-13-11-14(26-4)5-6-16(13)22-25/h5-6,11,15,17,21H,7-10,12H2,1-4H3. The molecule has 1 saturated heterocycles. The molecule has 1 heterocycles. The van der Waals surface area contributed by atoms with Crippen LogP contribution in [0.25, 0.3) is 0 Å². The molecule has 1 aliphatic heterocycles. The number of halogens is 1. The molecule has 1 N–H and O–H groups in total. The molecule has 0 radical (unpaired) electrons. The fourth-order valence-electron chi connectivity index (χ4n) is 3.00. The Hall–Kier alpha value is -2.22. The first-order chi connectivity index (χ1) is 12.7. The zero-order valence-electron chi connectivity index (χ0n) is 16.3. The summed E-state index contributed by atoms with van der Waals surface area (Å²) in [6.45, 7) is 6.29. The Balaban J connectivity index is 1.84. The molecule has 0 bridgehead atoms. The summed E-state index contributed by atoms with van der Waals surface area (Å²) < 4.78 is 24.9. The lowest BCUT2D eigenvalue weighted by atomic mass is 10.0. The average Bonchev–Trinajstić information content (AvgIpc) is 2.61. The maximum Gasteiger partial charge on any atom is 0.410 e. The predicted molar refractivity (Wildman–Crippen MR) is 101 cm³/mol. The normalized spacial score (nSPS) is 20.3. The Morgan fingerprint density at radius 2 is 2.15 bits per heavy atom. The molecule has 0 aromatic heterocycles. The quantitative estimate of drug-likeness (QED) is 0.762. The number of carbonyl (C=O) groups is 1. The fourth-order valence-corrected chi connectivity index (χ4v) is 3.00. The topological polar surface area (TPSA) is 80.2 Å². The lowest BCUT2D eigenvalue weighted by Gasteiger charge is -2.36. The van der Waals surface area contributed by atoms with Gasteiger partial charge in [-0.1, -0.05) is 0 Å². The molecule has 2 atom stereocenters. The smallest absolute Gasteiger partial charge is 0.410 e. The number of hydrogen-bond donors (Lipinski definition) is 1. The summed E-state index contributed by atoms with van der Waals surface area (Å²) in [6.07, 6.45) is -0.642. The number of amides is 1. The van der Waals surface area contributed by atoms with Crippen LogP contribution in [0.5, 0.6) is 5.75 Å². The van der Waals surface area contributed by atoms with Crippen LogP contribution in [-0.2, 0) is 11.2 Å². The molecule has 7 nitrogen and oxygen atoms in total. The van der Waals surface area contributed by atoms with Crippen molar-refractivity contribution in [2.75, 3.05) is 26.7 Å². The highest BCUT2D eigenvalue weighted by Crippen LogP contribution is 2.25. The average molecular weight is 381 g/mol. The molecule has 1 amide bonds. The van der Waals surface area contributed by atoms with Gasteiger partial charge in [0.1, 0.15) is 23.2 Å². The molecular weight excluding hydrogens is 353 g/mol. The van der Waals surface area contributed by atoms with E-state index in [2.05, 4.69) is 10.5 Å². The first-order valence-electron chi connectivity index (χ1n) is 9.09. The summed E-state index contributed by atoms with van der Waals surface area (Å²) in [7, 11) is 1.55. The van der Waals surface area contributed by atoms with Gasteiger partial charge in [-0.25, -0.2) is 9.18 Å². The molecule has 0 spiro atoms. The summed E-state index contributed by atoms with van der Waals surface area (Å²) in [5, 5.41) is 6.20. The Bertz CT molecular complexity index is 663. The first-order valence-corrected chi connectivity index (χ1v) is 9.09. The van der Waals surface area contributed by atoms with Gasteiger partial charge in [-0.05, 0) is 69.1 Å². The van der Waals surface area contributed by atoms with E-state index in [-0.39, 0.29) is 12.6 Å². The van der Waals surface area contributed by atoms with E-state index in [1.165, 1.54) is 4.90 Å². The first kappa shape index (κ1) is 21.1. The number of hydrogen-bond acceptors (Lipinski definition) is 6. The third kappa shape index (κ3) is 6.16. The molecule has 8 heteroatoms. The van der Waals surface area contributed by atoms with E-state index in [0.29, 0.717) is 37.4 Å². The molecule has 0 aliphatic carbocycles. The van der Waals surface area contributed by atoms with Crippen molar-refractivity contribution in [1.82, 2.24) is 10.2 Å². The highest BCUT2D eigenvalue weighted by molar-refractivity contribution is 5.68. The fraction of sp³-hybridized carbons (Fsp3) is 0.632. The van der Waals surface area contributed by atoms with Crippen LogP contribution in [-0.4, -0.2) is 55.6 Å². The SMILES string of the molecule is COc1ccc(N=O)c(CCNC2CCN(C(=O)OC(C)(C)C)CC2F)c1. The predicted octanol–water partition coefficient (Wildman–Crippen LogP) is 3.57. The second kappa shape index (κ2) is 9.12. The Kier molecular flexibility index (Phi) is 7.12. The van der Waals surface area contributed by atoms with E-state index in [1.54, 1.807) is 46.1 Å².